The Morgan fingerprint density at radius 1 is 1.13 bits per heavy atom. The summed E-state index contributed by atoms with van der Waals surface area (Å²) in [5, 5.41) is 9.96. The van der Waals surface area contributed by atoms with Gasteiger partial charge in [0.15, 0.2) is 0 Å². The fourth-order valence-corrected chi connectivity index (χ4v) is 2.15. The molecule has 1 unspecified atom stereocenters. The van der Waals surface area contributed by atoms with Gasteiger partial charge in [-0.15, -0.1) is 0 Å². The molecule has 0 bridgehead atoms. The maximum atomic E-state index is 9.96. The Balaban J connectivity index is 2.93. The van der Waals surface area contributed by atoms with Crippen LogP contribution in [0.15, 0.2) is 24.3 Å². The number of rotatable bonds is 13. The van der Waals surface area contributed by atoms with Crippen molar-refractivity contribution in [3.63, 3.8) is 0 Å². The topological polar surface area (TPSA) is 55.5 Å². The largest absolute Gasteiger partial charge is 0.394 e. The second kappa shape index (κ2) is 11.6. The summed E-state index contributed by atoms with van der Waals surface area (Å²) in [5.74, 6) is 0. The van der Waals surface area contributed by atoms with Crippen LogP contribution in [0.25, 0.3) is 0 Å². The van der Waals surface area contributed by atoms with Gasteiger partial charge >= 0.3 is 0 Å². The number of aliphatic hydroxyl groups is 1. The molecule has 3 heteroatoms. The van der Waals surface area contributed by atoms with Crippen LogP contribution in [0.4, 0.5) is 0 Å². The van der Waals surface area contributed by atoms with E-state index in [4.69, 9.17) is 20.8 Å². The number of nitrogens with two attached hydrogens (primary N) is 1. The lowest BCUT2D eigenvalue weighted by Gasteiger charge is -2.26. The number of ether oxygens (including phenoxy) is 1. The van der Waals surface area contributed by atoms with Gasteiger partial charge in [0.2, 0.25) is 0 Å². The van der Waals surface area contributed by atoms with Gasteiger partial charge in [0, 0.05) is 16.7 Å². The predicted octanol–water partition coefficient (Wildman–Crippen LogP) is 3.86. The molecule has 0 fully saturated rings. The molecular weight excluding hydrogens is 286 g/mol. The number of methoxy groups -OCH3 is 1. The average Bonchev–Trinajstić information content (AvgIpc) is 2.70. The summed E-state index contributed by atoms with van der Waals surface area (Å²) in [6.07, 6.45) is -1.43. The van der Waals surface area contributed by atoms with Gasteiger partial charge in [0.1, 0.15) is 0 Å². The van der Waals surface area contributed by atoms with E-state index >= 15 is 0 Å². The molecule has 0 spiro atoms. The summed E-state index contributed by atoms with van der Waals surface area (Å²) < 4.78 is 90.4. The van der Waals surface area contributed by atoms with E-state index in [0.717, 1.165) is 38.4 Å². The highest BCUT2D eigenvalue weighted by Gasteiger charge is 2.23. The molecule has 23 heavy (non-hydrogen) atoms. The third-order valence-corrected chi connectivity index (χ3v) is 3.44. The third kappa shape index (κ3) is 8.50. The van der Waals surface area contributed by atoms with Gasteiger partial charge in [-0.2, -0.15) is 0 Å². The van der Waals surface area contributed by atoms with Gasteiger partial charge < -0.3 is 15.6 Å². The monoisotopic (exact) mass is 332 g/mol. The summed E-state index contributed by atoms with van der Waals surface area (Å²) in [6.45, 7) is -8.82. The Morgan fingerprint density at radius 2 is 1.78 bits per heavy atom. The van der Waals surface area contributed by atoms with E-state index in [1.54, 1.807) is 12.1 Å². The zero-order valence-corrected chi connectivity index (χ0v) is 13.7. The first-order valence-electron chi connectivity index (χ1n) is 13.4. The van der Waals surface area contributed by atoms with Crippen molar-refractivity contribution in [3.05, 3.63) is 35.4 Å². The molecule has 0 radical (unpaired) electrons. The van der Waals surface area contributed by atoms with Crippen molar-refractivity contribution in [1.29, 1.82) is 0 Å². The molecule has 1 aromatic carbocycles. The molecule has 3 N–H and O–H groups in total. The fourth-order valence-electron chi connectivity index (χ4n) is 2.15. The molecule has 0 aromatic heterocycles. The van der Waals surface area contributed by atoms with Gasteiger partial charge in [-0.05, 0) is 36.7 Å². The molecule has 0 amide bonds. The smallest absolute Gasteiger partial charge is 0.0665 e. The minimum atomic E-state index is -3.67. The van der Waals surface area contributed by atoms with Crippen molar-refractivity contribution < 1.29 is 24.9 Å². The van der Waals surface area contributed by atoms with Gasteiger partial charge in [-0.1, -0.05) is 63.2 Å². The standard InChI is InChI=1S/C20H35NO2/c1-3-4-5-6-7-8-9-18-10-12-19(13-11-18)14-15-20(21,16-22)17-23-2/h10-13,22H,3-9,14-17,21H2,1-2H3/i1D3,14D2,15D2,16D2,17D2. The number of unbranched alkanes of at least 4 members (excludes halogenated alkanes) is 4. The number of hydrogen-bond acceptors (Lipinski definition) is 3. The maximum Gasteiger partial charge on any atom is 0.0665 e. The van der Waals surface area contributed by atoms with Crippen LogP contribution >= 0.6 is 0 Å². The maximum absolute atomic E-state index is 9.96. The molecule has 1 rings (SSSR count). The Hall–Kier alpha value is -0.900. The first-order chi connectivity index (χ1) is 15.2. The molecule has 0 aliphatic rings. The van der Waals surface area contributed by atoms with Crippen molar-refractivity contribution in [3.8, 4) is 0 Å². The van der Waals surface area contributed by atoms with E-state index in [0.29, 0.717) is 12.8 Å². The molecule has 1 atom stereocenters. The highest BCUT2D eigenvalue weighted by molar-refractivity contribution is 5.23. The Bertz CT molecular complexity index is 776. The van der Waals surface area contributed by atoms with E-state index in [-0.39, 0.29) is 12.0 Å². The van der Waals surface area contributed by atoms with Gasteiger partial charge in [-0.25, -0.2) is 0 Å². The SMILES string of the molecule is [2H]C([2H])([2H])CCCCCCCc1ccc(C([2H])([2H])C([2H])([2H])C(N)(C([2H])([2H])O)C([2H])([2H])OC)cc1. The van der Waals surface area contributed by atoms with Crippen LogP contribution in [0.2, 0.25) is 0 Å². The quantitative estimate of drug-likeness (QED) is 0.539. The van der Waals surface area contributed by atoms with E-state index in [2.05, 4.69) is 4.74 Å². The average molecular weight is 333 g/mol. The van der Waals surface area contributed by atoms with Crippen molar-refractivity contribution in [2.45, 2.75) is 70.1 Å². The lowest BCUT2D eigenvalue weighted by Crippen LogP contribution is -2.48. The highest BCUT2D eigenvalue weighted by atomic mass is 16.5. The van der Waals surface area contributed by atoms with Crippen LogP contribution in [0.5, 0.6) is 0 Å². The van der Waals surface area contributed by atoms with Crippen molar-refractivity contribution in [1.82, 2.24) is 0 Å². The Kier molecular flexibility index (Phi) is 4.53. The van der Waals surface area contributed by atoms with Crippen LogP contribution in [-0.4, -0.2) is 30.9 Å². The lowest BCUT2D eigenvalue weighted by molar-refractivity contribution is 0.0817. The van der Waals surface area contributed by atoms with Crippen LogP contribution < -0.4 is 5.73 Å². The van der Waals surface area contributed by atoms with Crippen LogP contribution in [0, 0.1) is 0 Å². The number of benzene rings is 1. The summed E-state index contributed by atoms with van der Waals surface area (Å²) in [5.41, 5.74) is 3.01. The summed E-state index contributed by atoms with van der Waals surface area (Å²) in [6, 6.07) is 5.88. The van der Waals surface area contributed by atoms with Crippen molar-refractivity contribution >= 4 is 0 Å². The van der Waals surface area contributed by atoms with E-state index in [1.807, 2.05) is 0 Å². The van der Waals surface area contributed by atoms with Gasteiger partial charge in [-0.3, -0.25) is 0 Å². The van der Waals surface area contributed by atoms with E-state index in [9.17, 15) is 5.11 Å². The highest BCUT2D eigenvalue weighted by Crippen LogP contribution is 2.15. The van der Waals surface area contributed by atoms with Gasteiger partial charge in [0.25, 0.3) is 0 Å². The molecule has 0 heterocycles. The molecule has 1 aromatic rings. The summed E-state index contributed by atoms with van der Waals surface area (Å²) in [7, 11) is 0.821. The second-order valence-corrected chi connectivity index (χ2v) is 5.44. The molecule has 0 aliphatic carbocycles. The Morgan fingerprint density at radius 3 is 2.43 bits per heavy atom. The summed E-state index contributed by atoms with van der Waals surface area (Å²) in [4.78, 5) is 0. The first-order valence-corrected chi connectivity index (χ1v) is 7.90. The number of aryl methyl sites for hydroxylation is 2. The van der Waals surface area contributed by atoms with Crippen LogP contribution in [0.1, 0.15) is 78.0 Å². The minimum Gasteiger partial charge on any atom is -0.394 e. The number of hydrogen-bond donors (Lipinski definition) is 2. The molecule has 0 aliphatic heterocycles. The zero-order valence-electron chi connectivity index (χ0n) is 24.7. The third-order valence-electron chi connectivity index (χ3n) is 3.44. The normalized spacial score (nSPS) is 24.0. The molecule has 132 valence electrons. The predicted molar refractivity (Wildman–Crippen MR) is 97.7 cm³/mol. The first kappa shape index (κ1) is 8.98. The molecular formula is C20H35NO2. The molecule has 3 nitrogen and oxygen atoms in total. The second-order valence-electron chi connectivity index (χ2n) is 5.44. The van der Waals surface area contributed by atoms with Gasteiger partial charge in [0.05, 0.1) is 24.1 Å². The van der Waals surface area contributed by atoms with E-state index in [1.165, 1.54) is 12.1 Å². The lowest BCUT2D eigenvalue weighted by atomic mass is 9.93. The van der Waals surface area contributed by atoms with Crippen LogP contribution in [-0.2, 0) is 17.5 Å². The van der Waals surface area contributed by atoms with E-state index < -0.39 is 38.3 Å². The van der Waals surface area contributed by atoms with Crippen molar-refractivity contribution in [2.75, 3.05) is 20.2 Å². The van der Waals surface area contributed by atoms with Crippen LogP contribution in [0.3, 0.4) is 0 Å². The van der Waals surface area contributed by atoms with Crippen molar-refractivity contribution in [2.24, 2.45) is 5.73 Å². The zero-order chi connectivity index (χ0) is 26.6. The fraction of sp³-hybridized carbons (Fsp3) is 0.700. The molecule has 0 saturated heterocycles. The minimum absolute atomic E-state index is 0.197. The molecule has 0 saturated carbocycles. The summed E-state index contributed by atoms with van der Waals surface area (Å²) >= 11 is 0. The Labute approximate surface area is 157 Å².